The standard InChI is InChI=1S/C23H29N3O2.ClH/c1-5-24-13-18-8-6-7-9-20(18)25-23(28)19-12-21(27)26(14-19)22-16(3)10-15(2)11-17(22)4;/h6-11,19,24H,5,12-14H2,1-4H3,(H,25,28);1H. The smallest absolute Gasteiger partial charge is 0.229 e. The van der Waals surface area contributed by atoms with Crippen LogP contribution >= 0.6 is 12.4 Å². The van der Waals surface area contributed by atoms with Crippen molar-refractivity contribution < 1.29 is 9.59 Å². The molecule has 1 aliphatic rings. The van der Waals surface area contributed by atoms with Gasteiger partial charge in [-0.3, -0.25) is 9.59 Å². The van der Waals surface area contributed by atoms with Gasteiger partial charge >= 0.3 is 0 Å². The number of benzene rings is 2. The molecule has 1 atom stereocenters. The second-order valence-corrected chi connectivity index (χ2v) is 7.58. The van der Waals surface area contributed by atoms with Gasteiger partial charge in [-0.25, -0.2) is 0 Å². The minimum absolute atomic E-state index is 0. The number of carbonyl (C=O) groups excluding carboxylic acids is 2. The zero-order valence-electron chi connectivity index (χ0n) is 17.5. The Labute approximate surface area is 179 Å². The number of nitrogens with zero attached hydrogens (tertiary/aromatic N) is 1. The fraction of sp³-hybridized carbons (Fsp3) is 0.391. The monoisotopic (exact) mass is 415 g/mol. The van der Waals surface area contributed by atoms with Gasteiger partial charge in [-0.2, -0.15) is 0 Å². The van der Waals surface area contributed by atoms with E-state index in [9.17, 15) is 9.59 Å². The van der Waals surface area contributed by atoms with Gasteiger partial charge in [0, 0.05) is 30.9 Å². The van der Waals surface area contributed by atoms with E-state index in [2.05, 4.69) is 36.6 Å². The molecule has 3 rings (SSSR count). The molecule has 2 aromatic carbocycles. The first-order valence-electron chi connectivity index (χ1n) is 9.88. The first kappa shape index (κ1) is 22.9. The first-order chi connectivity index (χ1) is 13.4. The van der Waals surface area contributed by atoms with E-state index >= 15 is 0 Å². The zero-order valence-corrected chi connectivity index (χ0v) is 18.4. The molecule has 0 radical (unpaired) electrons. The molecule has 156 valence electrons. The highest BCUT2D eigenvalue weighted by Gasteiger charge is 2.36. The number of amides is 2. The van der Waals surface area contributed by atoms with Crippen molar-refractivity contribution in [2.75, 3.05) is 23.3 Å². The van der Waals surface area contributed by atoms with Crippen LogP contribution in [0.5, 0.6) is 0 Å². The largest absolute Gasteiger partial charge is 0.325 e. The van der Waals surface area contributed by atoms with Gasteiger partial charge in [0.2, 0.25) is 11.8 Å². The summed E-state index contributed by atoms with van der Waals surface area (Å²) in [5.41, 5.74) is 6.12. The second kappa shape index (κ2) is 9.90. The van der Waals surface area contributed by atoms with Crippen molar-refractivity contribution in [1.82, 2.24) is 5.32 Å². The third-order valence-corrected chi connectivity index (χ3v) is 5.24. The predicted octanol–water partition coefficient (Wildman–Crippen LogP) is 4.13. The summed E-state index contributed by atoms with van der Waals surface area (Å²) in [5, 5.41) is 6.32. The van der Waals surface area contributed by atoms with Crippen LogP contribution in [0.2, 0.25) is 0 Å². The van der Waals surface area contributed by atoms with Gasteiger partial charge in [-0.1, -0.05) is 42.8 Å². The minimum atomic E-state index is -0.347. The van der Waals surface area contributed by atoms with Crippen molar-refractivity contribution in [2.24, 2.45) is 5.92 Å². The average Bonchev–Trinajstić information content (AvgIpc) is 3.02. The predicted molar refractivity (Wildman–Crippen MR) is 121 cm³/mol. The third kappa shape index (κ3) is 5.17. The molecule has 2 N–H and O–H groups in total. The molecule has 2 aromatic rings. The lowest BCUT2D eigenvalue weighted by molar-refractivity contribution is -0.122. The third-order valence-electron chi connectivity index (χ3n) is 5.24. The van der Waals surface area contributed by atoms with E-state index in [-0.39, 0.29) is 36.6 Å². The van der Waals surface area contributed by atoms with Gasteiger partial charge in [0.15, 0.2) is 0 Å². The maximum absolute atomic E-state index is 12.9. The summed E-state index contributed by atoms with van der Waals surface area (Å²) in [6, 6.07) is 12.0. The first-order valence-corrected chi connectivity index (χ1v) is 9.88. The minimum Gasteiger partial charge on any atom is -0.325 e. The van der Waals surface area contributed by atoms with Crippen molar-refractivity contribution in [3.8, 4) is 0 Å². The van der Waals surface area contributed by atoms with Crippen molar-refractivity contribution in [3.63, 3.8) is 0 Å². The Balaban J connectivity index is 0.00000300. The second-order valence-electron chi connectivity index (χ2n) is 7.58. The zero-order chi connectivity index (χ0) is 20.3. The van der Waals surface area contributed by atoms with E-state index in [1.165, 1.54) is 5.56 Å². The maximum Gasteiger partial charge on any atom is 0.229 e. The highest BCUT2D eigenvalue weighted by molar-refractivity contribution is 6.04. The Hall–Kier alpha value is -2.37. The van der Waals surface area contributed by atoms with Crippen LogP contribution in [0.15, 0.2) is 36.4 Å². The molecule has 0 aliphatic carbocycles. The number of anilines is 2. The normalized spacial score (nSPS) is 15.9. The molecule has 1 aliphatic heterocycles. The van der Waals surface area contributed by atoms with E-state index in [4.69, 9.17) is 0 Å². The summed E-state index contributed by atoms with van der Waals surface area (Å²) in [4.78, 5) is 27.3. The molecule has 0 spiro atoms. The summed E-state index contributed by atoms with van der Waals surface area (Å²) < 4.78 is 0. The van der Waals surface area contributed by atoms with Crippen LogP contribution in [-0.4, -0.2) is 24.9 Å². The maximum atomic E-state index is 12.9. The highest BCUT2D eigenvalue weighted by atomic mass is 35.5. The Morgan fingerprint density at radius 1 is 1.14 bits per heavy atom. The van der Waals surface area contributed by atoms with Gasteiger partial charge in [0.05, 0.1) is 5.92 Å². The molecule has 2 amide bonds. The average molecular weight is 416 g/mol. The van der Waals surface area contributed by atoms with Crippen LogP contribution in [0.1, 0.15) is 35.6 Å². The molecule has 29 heavy (non-hydrogen) atoms. The molecule has 1 fully saturated rings. The SMILES string of the molecule is CCNCc1ccccc1NC(=O)C1CC(=O)N(c2c(C)cc(C)cc2C)C1.Cl. The molecule has 0 aromatic heterocycles. The fourth-order valence-corrected chi connectivity index (χ4v) is 3.99. The van der Waals surface area contributed by atoms with Crippen molar-refractivity contribution >= 4 is 35.6 Å². The lowest BCUT2D eigenvalue weighted by Gasteiger charge is -2.22. The number of rotatable bonds is 6. The molecule has 1 heterocycles. The molecule has 5 nitrogen and oxygen atoms in total. The molecule has 1 unspecified atom stereocenters. The number of carbonyl (C=O) groups is 2. The van der Waals surface area contributed by atoms with E-state index < -0.39 is 0 Å². The van der Waals surface area contributed by atoms with E-state index in [1.807, 2.05) is 38.1 Å². The van der Waals surface area contributed by atoms with Gasteiger partial charge in [-0.05, 0) is 50.1 Å². The van der Waals surface area contributed by atoms with Crippen molar-refractivity contribution in [2.45, 2.75) is 40.7 Å². The van der Waals surface area contributed by atoms with E-state index in [0.29, 0.717) is 13.1 Å². The number of nitrogens with one attached hydrogen (secondary N) is 2. The number of halogens is 1. The Morgan fingerprint density at radius 3 is 2.45 bits per heavy atom. The van der Waals surface area contributed by atoms with Crippen LogP contribution in [0.4, 0.5) is 11.4 Å². The van der Waals surface area contributed by atoms with Crippen LogP contribution in [0, 0.1) is 26.7 Å². The Morgan fingerprint density at radius 2 is 1.79 bits per heavy atom. The molecular formula is C23H30ClN3O2. The topological polar surface area (TPSA) is 61.4 Å². The van der Waals surface area contributed by atoms with Gasteiger partial charge in [0.25, 0.3) is 0 Å². The fourth-order valence-electron chi connectivity index (χ4n) is 3.99. The van der Waals surface area contributed by atoms with Gasteiger partial charge < -0.3 is 15.5 Å². The lowest BCUT2D eigenvalue weighted by Crippen LogP contribution is -2.29. The van der Waals surface area contributed by atoms with Crippen molar-refractivity contribution in [1.29, 1.82) is 0 Å². The Bertz CT molecular complexity index is 874. The highest BCUT2D eigenvalue weighted by Crippen LogP contribution is 2.32. The van der Waals surface area contributed by atoms with Crippen LogP contribution < -0.4 is 15.5 Å². The molecule has 6 heteroatoms. The number of aryl methyl sites for hydroxylation is 3. The van der Waals surface area contributed by atoms with Gasteiger partial charge in [-0.15, -0.1) is 12.4 Å². The van der Waals surface area contributed by atoms with Crippen LogP contribution in [0.25, 0.3) is 0 Å². The summed E-state index contributed by atoms with van der Waals surface area (Å²) in [7, 11) is 0. The quantitative estimate of drug-likeness (QED) is 0.745. The van der Waals surface area contributed by atoms with Crippen LogP contribution in [-0.2, 0) is 16.1 Å². The number of hydrogen-bond donors (Lipinski definition) is 2. The number of hydrogen-bond acceptors (Lipinski definition) is 3. The molecule has 1 saturated heterocycles. The summed E-state index contributed by atoms with van der Waals surface area (Å²) in [5.74, 6) is -0.432. The van der Waals surface area contributed by atoms with E-state index in [0.717, 1.165) is 34.6 Å². The number of para-hydroxylation sites is 1. The van der Waals surface area contributed by atoms with Crippen LogP contribution in [0.3, 0.4) is 0 Å². The summed E-state index contributed by atoms with van der Waals surface area (Å²) >= 11 is 0. The molecule has 0 bridgehead atoms. The van der Waals surface area contributed by atoms with E-state index in [1.54, 1.807) is 4.90 Å². The molecular weight excluding hydrogens is 386 g/mol. The Kier molecular flexibility index (Phi) is 7.82. The lowest BCUT2D eigenvalue weighted by atomic mass is 10.0. The molecule has 0 saturated carbocycles. The van der Waals surface area contributed by atoms with Gasteiger partial charge in [0.1, 0.15) is 0 Å². The summed E-state index contributed by atoms with van der Waals surface area (Å²) in [6.07, 6.45) is 0.244. The van der Waals surface area contributed by atoms with Crippen molar-refractivity contribution in [3.05, 3.63) is 58.7 Å². The summed E-state index contributed by atoms with van der Waals surface area (Å²) in [6.45, 7) is 10.1.